The average molecular weight is 545 g/mol. The van der Waals surface area contributed by atoms with E-state index in [9.17, 15) is 4.79 Å². The highest BCUT2D eigenvalue weighted by molar-refractivity contribution is 7.15. The quantitative estimate of drug-likeness (QED) is 0.337. The Kier molecular flexibility index (Phi) is 7.60. The van der Waals surface area contributed by atoms with Gasteiger partial charge in [0.25, 0.3) is 0 Å². The van der Waals surface area contributed by atoms with Gasteiger partial charge in [-0.15, -0.1) is 11.3 Å². The maximum Gasteiger partial charge on any atom is 0.410 e. The number of ether oxygens (including phenoxy) is 1. The van der Waals surface area contributed by atoms with Crippen LogP contribution < -0.4 is 5.73 Å². The van der Waals surface area contributed by atoms with Gasteiger partial charge in [-0.3, -0.25) is 0 Å². The third kappa shape index (κ3) is 5.89. The van der Waals surface area contributed by atoms with Crippen molar-refractivity contribution in [1.29, 1.82) is 0 Å². The van der Waals surface area contributed by atoms with E-state index in [0.29, 0.717) is 22.0 Å². The minimum atomic E-state index is -0.469. The molecule has 214 valence electrons. The number of thiazole rings is 1. The van der Waals surface area contributed by atoms with Crippen molar-refractivity contribution < 1.29 is 9.53 Å². The molecule has 2 unspecified atom stereocenters. The van der Waals surface area contributed by atoms with E-state index in [1.54, 1.807) is 11.3 Å². The molecule has 7 heteroatoms. The number of nitrogens with two attached hydrogens (primary N) is 1. The molecule has 5 aliphatic rings. The van der Waals surface area contributed by atoms with Gasteiger partial charge in [0.05, 0.1) is 5.69 Å². The smallest absolute Gasteiger partial charge is 0.410 e. The van der Waals surface area contributed by atoms with Gasteiger partial charge in [-0.25, -0.2) is 9.78 Å². The second-order valence-corrected chi connectivity index (χ2v) is 16.2. The minimum Gasteiger partial charge on any atom is -0.444 e. The van der Waals surface area contributed by atoms with Crippen LogP contribution in [0.3, 0.4) is 0 Å². The monoisotopic (exact) mass is 544 g/mol. The van der Waals surface area contributed by atoms with E-state index in [1.807, 2.05) is 20.8 Å². The summed E-state index contributed by atoms with van der Waals surface area (Å²) < 4.78 is 6.06. The molecule has 3 atom stereocenters. The number of aryl methyl sites for hydroxylation is 1. The Bertz CT molecular complexity index is 998. The highest BCUT2D eigenvalue weighted by Crippen LogP contribution is 2.67. The standard InChI is InChI=1S/C31H52N4O2S/c1-7-12-34(23-10-11-24-25(15-23)38-26(32)33-24)13-8-9-14-35(27(36)37-28(2,3)4)31-18-22-16-29(5,20-31)19-30(6,17-22)21-31/h22-23H,7-21H2,1-6H3,(H2,32,33)/t22?,23-,29?,30?,31?/m0/s1. The van der Waals surface area contributed by atoms with Gasteiger partial charge >= 0.3 is 6.09 Å². The number of anilines is 1. The molecule has 0 aliphatic heterocycles. The Balaban J connectivity index is 1.25. The van der Waals surface area contributed by atoms with Crippen LogP contribution in [-0.2, 0) is 17.6 Å². The van der Waals surface area contributed by atoms with E-state index >= 15 is 0 Å². The number of nitrogens with zero attached hydrogens (tertiary/aromatic N) is 3. The molecule has 0 saturated heterocycles. The SMILES string of the molecule is CCCN(CCCCN(C(=O)OC(C)(C)C)C12CC3CC(C)(CC(C)(C3)C1)C2)[C@H]1CCc2nc(N)sc2C1. The van der Waals surface area contributed by atoms with Crippen molar-refractivity contribution in [2.45, 2.75) is 136 Å². The highest BCUT2D eigenvalue weighted by atomic mass is 32.1. The molecule has 4 fully saturated rings. The molecule has 0 spiro atoms. The number of amides is 1. The number of nitrogen functional groups attached to an aromatic ring is 1. The number of unbranched alkanes of at least 4 members (excludes halogenated alkanes) is 1. The Hall–Kier alpha value is -1.34. The molecular weight excluding hydrogens is 492 g/mol. The normalized spacial score (nSPS) is 34.0. The average Bonchev–Trinajstić information content (AvgIpc) is 3.13. The second kappa shape index (κ2) is 10.2. The first-order chi connectivity index (χ1) is 17.8. The second-order valence-electron chi connectivity index (χ2n) is 15.0. The fourth-order valence-corrected chi connectivity index (χ4v) is 10.5. The van der Waals surface area contributed by atoms with Gasteiger partial charge < -0.3 is 20.3 Å². The molecular formula is C31H52N4O2S. The first kappa shape index (κ1) is 28.2. The third-order valence-electron chi connectivity index (χ3n) is 9.82. The predicted molar refractivity (Wildman–Crippen MR) is 157 cm³/mol. The molecule has 4 saturated carbocycles. The summed E-state index contributed by atoms with van der Waals surface area (Å²) in [6.07, 6.45) is 14.0. The molecule has 4 bridgehead atoms. The van der Waals surface area contributed by atoms with Crippen molar-refractivity contribution >= 4 is 22.6 Å². The van der Waals surface area contributed by atoms with Crippen molar-refractivity contribution in [3.8, 4) is 0 Å². The molecule has 1 aromatic rings. The summed E-state index contributed by atoms with van der Waals surface area (Å²) in [5, 5.41) is 0.715. The molecule has 38 heavy (non-hydrogen) atoms. The molecule has 6 nitrogen and oxygen atoms in total. The number of hydrogen-bond acceptors (Lipinski definition) is 6. The number of hydrogen-bond donors (Lipinski definition) is 1. The number of rotatable bonds is 9. The lowest BCUT2D eigenvalue weighted by atomic mass is 9.42. The van der Waals surface area contributed by atoms with E-state index in [-0.39, 0.29) is 11.6 Å². The van der Waals surface area contributed by atoms with E-state index in [0.717, 1.165) is 64.1 Å². The van der Waals surface area contributed by atoms with Gasteiger partial charge in [-0.05, 0) is 128 Å². The van der Waals surface area contributed by atoms with Crippen molar-refractivity contribution in [3.63, 3.8) is 0 Å². The molecule has 1 aromatic heterocycles. The van der Waals surface area contributed by atoms with E-state index in [1.165, 1.54) is 49.1 Å². The summed E-state index contributed by atoms with van der Waals surface area (Å²) in [5.41, 5.74) is 7.47. The Morgan fingerprint density at radius 2 is 1.76 bits per heavy atom. The van der Waals surface area contributed by atoms with Crippen LogP contribution >= 0.6 is 11.3 Å². The maximum absolute atomic E-state index is 13.8. The van der Waals surface area contributed by atoms with Gasteiger partial charge in [0.2, 0.25) is 0 Å². The van der Waals surface area contributed by atoms with Crippen LogP contribution in [0.2, 0.25) is 0 Å². The summed E-state index contributed by atoms with van der Waals surface area (Å²) in [6.45, 7) is 16.3. The lowest BCUT2D eigenvalue weighted by molar-refractivity contribution is -0.157. The van der Waals surface area contributed by atoms with Crippen molar-refractivity contribution in [2.75, 3.05) is 25.4 Å². The van der Waals surface area contributed by atoms with E-state index in [2.05, 4.69) is 35.6 Å². The summed E-state index contributed by atoms with van der Waals surface area (Å²) in [6, 6.07) is 0.576. The zero-order valence-electron chi connectivity index (χ0n) is 24.9. The van der Waals surface area contributed by atoms with Crippen LogP contribution in [0.1, 0.15) is 116 Å². The fourth-order valence-electron chi connectivity index (χ4n) is 9.57. The number of aromatic nitrogens is 1. The molecule has 0 aromatic carbocycles. The molecule has 1 amide bonds. The maximum atomic E-state index is 13.8. The van der Waals surface area contributed by atoms with Gasteiger partial charge in [-0.1, -0.05) is 20.8 Å². The molecule has 0 radical (unpaired) electrons. The van der Waals surface area contributed by atoms with Crippen LogP contribution in [0.5, 0.6) is 0 Å². The molecule has 2 N–H and O–H groups in total. The van der Waals surface area contributed by atoms with Crippen molar-refractivity contribution in [1.82, 2.24) is 14.8 Å². The summed E-state index contributed by atoms with van der Waals surface area (Å²) in [7, 11) is 0. The van der Waals surface area contributed by atoms with Gasteiger partial charge in [-0.2, -0.15) is 0 Å². The van der Waals surface area contributed by atoms with E-state index in [4.69, 9.17) is 10.5 Å². The summed E-state index contributed by atoms with van der Waals surface area (Å²) in [5.74, 6) is 0.753. The zero-order chi connectivity index (χ0) is 27.3. The Labute approximate surface area is 235 Å². The minimum absolute atomic E-state index is 0.0276. The van der Waals surface area contributed by atoms with Gasteiger partial charge in [0.15, 0.2) is 5.13 Å². The Morgan fingerprint density at radius 1 is 1.08 bits per heavy atom. The molecule has 1 heterocycles. The first-order valence-corrected chi connectivity index (χ1v) is 16.1. The lowest BCUT2D eigenvalue weighted by Crippen LogP contribution is -2.66. The summed E-state index contributed by atoms with van der Waals surface area (Å²) in [4.78, 5) is 24.6. The largest absolute Gasteiger partial charge is 0.444 e. The van der Waals surface area contributed by atoms with Gasteiger partial charge in [0.1, 0.15) is 5.60 Å². The number of carbonyl (C=O) groups is 1. The first-order valence-electron chi connectivity index (χ1n) is 15.3. The zero-order valence-corrected chi connectivity index (χ0v) is 25.7. The van der Waals surface area contributed by atoms with Crippen LogP contribution in [-0.4, -0.2) is 57.7 Å². The molecule has 6 rings (SSSR count). The van der Waals surface area contributed by atoms with Crippen LogP contribution in [0.15, 0.2) is 0 Å². The van der Waals surface area contributed by atoms with Crippen LogP contribution in [0.25, 0.3) is 0 Å². The fraction of sp³-hybridized carbons (Fsp3) is 0.871. The topological polar surface area (TPSA) is 71.7 Å². The molecule has 5 aliphatic carbocycles. The number of fused-ring (bicyclic) bond motifs is 1. The summed E-state index contributed by atoms with van der Waals surface area (Å²) >= 11 is 1.68. The van der Waals surface area contributed by atoms with Crippen molar-refractivity contribution in [3.05, 3.63) is 10.6 Å². The predicted octanol–water partition coefficient (Wildman–Crippen LogP) is 7.06. The Morgan fingerprint density at radius 3 is 2.39 bits per heavy atom. The van der Waals surface area contributed by atoms with Crippen LogP contribution in [0, 0.1) is 16.7 Å². The highest BCUT2D eigenvalue weighted by Gasteiger charge is 2.62. The lowest BCUT2D eigenvalue weighted by Gasteiger charge is -2.67. The number of carbonyl (C=O) groups excluding carboxylic acids is 1. The van der Waals surface area contributed by atoms with Gasteiger partial charge in [0, 0.05) is 23.0 Å². The van der Waals surface area contributed by atoms with Crippen molar-refractivity contribution in [2.24, 2.45) is 16.7 Å². The third-order valence-corrected chi connectivity index (χ3v) is 10.8. The van der Waals surface area contributed by atoms with E-state index < -0.39 is 5.60 Å². The van der Waals surface area contributed by atoms with Crippen LogP contribution in [0.4, 0.5) is 9.93 Å².